The summed E-state index contributed by atoms with van der Waals surface area (Å²) in [4.78, 5) is 0. The van der Waals surface area contributed by atoms with E-state index in [0.29, 0.717) is 5.82 Å². The number of anilines is 1. The van der Waals surface area contributed by atoms with Gasteiger partial charge in [-0.1, -0.05) is 41.1 Å². The summed E-state index contributed by atoms with van der Waals surface area (Å²) in [5, 5.41) is 4.29. The predicted molar refractivity (Wildman–Crippen MR) is 69.3 cm³/mol. The van der Waals surface area contributed by atoms with Crippen molar-refractivity contribution in [3.05, 3.63) is 46.1 Å². The molecular formula is C12H14BrN3. The lowest BCUT2D eigenvalue weighted by molar-refractivity contribution is 0.651. The molecule has 0 spiro atoms. The Bertz CT molecular complexity index is 491. The summed E-state index contributed by atoms with van der Waals surface area (Å²) in [6, 6.07) is 10.1. The molecule has 0 aliphatic carbocycles. The van der Waals surface area contributed by atoms with Crippen LogP contribution in [0.5, 0.6) is 0 Å². The van der Waals surface area contributed by atoms with Gasteiger partial charge in [0.25, 0.3) is 0 Å². The second-order valence-corrected chi connectivity index (χ2v) is 4.52. The average Bonchev–Trinajstić information content (AvgIpc) is 2.62. The molecule has 0 saturated heterocycles. The van der Waals surface area contributed by atoms with Crippen LogP contribution in [0.1, 0.15) is 18.2 Å². The van der Waals surface area contributed by atoms with Crippen LogP contribution in [0.4, 0.5) is 5.82 Å². The molecule has 2 N–H and O–H groups in total. The van der Waals surface area contributed by atoms with Gasteiger partial charge in [-0.3, -0.25) is 4.68 Å². The van der Waals surface area contributed by atoms with Crippen molar-refractivity contribution in [2.45, 2.75) is 19.9 Å². The van der Waals surface area contributed by atoms with Gasteiger partial charge in [0.2, 0.25) is 0 Å². The summed E-state index contributed by atoms with van der Waals surface area (Å²) in [6.45, 7) is 2.86. The molecule has 0 fully saturated rings. The maximum absolute atomic E-state index is 5.70. The summed E-state index contributed by atoms with van der Waals surface area (Å²) < 4.78 is 3.06. The highest BCUT2D eigenvalue weighted by Crippen LogP contribution is 2.18. The molecule has 0 aliphatic heterocycles. The second-order valence-electron chi connectivity index (χ2n) is 3.66. The molecule has 0 radical (unpaired) electrons. The van der Waals surface area contributed by atoms with E-state index in [0.717, 1.165) is 23.1 Å². The molecule has 16 heavy (non-hydrogen) atoms. The number of nitrogens with two attached hydrogens (primary N) is 1. The highest BCUT2D eigenvalue weighted by atomic mass is 79.9. The number of aryl methyl sites for hydroxylation is 1. The Labute approximate surface area is 103 Å². The first-order valence-electron chi connectivity index (χ1n) is 5.26. The van der Waals surface area contributed by atoms with Gasteiger partial charge in [-0.15, -0.1) is 0 Å². The fraction of sp³-hybridized carbons (Fsp3) is 0.250. The van der Waals surface area contributed by atoms with Gasteiger partial charge in [-0.25, -0.2) is 0 Å². The van der Waals surface area contributed by atoms with Gasteiger partial charge in [0.05, 0.1) is 6.54 Å². The Morgan fingerprint density at radius 2 is 2.12 bits per heavy atom. The Balaban J connectivity index is 2.30. The summed E-state index contributed by atoms with van der Waals surface area (Å²) >= 11 is 3.53. The topological polar surface area (TPSA) is 43.8 Å². The number of rotatable bonds is 3. The molecular weight excluding hydrogens is 266 g/mol. The molecule has 0 unspecified atom stereocenters. The molecule has 0 atom stereocenters. The van der Waals surface area contributed by atoms with E-state index < -0.39 is 0 Å². The van der Waals surface area contributed by atoms with E-state index in [4.69, 9.17) is 5.73 Å². The maximum atomic E-state index is 5.70. The van der Waals surface area contributed by atoms with Crippen LogP contribution >= 0.6 is 15.9 Å². The van der Waals surface area contributed by atoms with Gasteiger partial charge in [-0.05, 0) is 18.1 Å². The Morgan fingerprint density at radius 1 is 1.38 bits per heavy atom. The average molecular weight is 280 g/mol. The summed E-state index contributed by atoms with van der Waals surface area (Å²) in [7, 11) is 0. The van der Waals surface area contributed by atoms with Gasteiger partial charge < -0.3 is 5.73 Å². The number of hydrogen-bond donors (Lipinski definition) is 1. The van der Waals surface area contributed by atoms with Crippen LogP contribution < -0.4 is 5.73 Å². The molecule has 2 rings (SSSR count). The van der Waals surface area contributed by atoms with Gasteiger partial charge in [0, 0.05) is 16.2 Å². The molecule has 1 aromatic carbocycles. The van der Waals surface area contributed by atoms with Crippen molar-refractivity contribution in [2.24, 2.45) is 0 Å². The number of aromatic nitrogens is 2. The standard InChI is InChI=1S/C12H14BrN3/c1-2-10-7-12(14)15-16(10)8-9-5-3-4-6-11(9)13/h3-7H,2,8H2,1H3,(H2,14,15). The van der Waals surface area contributed by atoms with Crippen molar-refractivity contribution in [1.29, 1.82) is 0 Å². The number of nitrogens with zero attached hydrogens (tertiary/aromatic N) is 2. The smallest absolute Gasteiger partial charge is 0.145 e. The molecule has 84 valence electrons. The lowest BCUT2D eigenvalue weighted by Crippen LogP contribution is -2.06. The van der Waals surface area contributed by atoms with Crippen LogP contribution in [0, 0.1) is 0 Å². The fourth-order valence-electron chi connectivity index (χ4n) is 1.69. The van der Waals surface area contributed by atoms with E-state index in [1.54, 1.807) is 0 Å². The van der Waals surface area contributed by atoms with Crippen LogP contribution in [-0.2, 0) is 13.0 Å². The van der Waals surface area contributed by atoms with Crippen molar-refractivity contribution in [2.75, 3.05) is 5.73 Å². The summed E-state index contributed by atoms with van der Waals surface area (Å²) in [5.74, 6) is 0.587. The molecule has 0 aliphatic rings. The first-order chi connectivity index (χ1) is 7.70. The van der Waals surface area contributed by atoms with Crippen molar-refractivity contribution >= 4 is 21.7 Å². The number of hydrogen-bond acceptors (Lipinski definition) is 2. The van der Waals surface area contributed by atoms with E-state index in [1.165, 1.54) is 5.56 Å². The van der Waals surface area contributed by atoms with E-state index in [-0.39, 0.29) is 0 Å². The lowest BCUT2D eigenvalue weighted by Gasteiger charge is -2.07. The highest BCUT2D eigenvalue weighted by molar-refractivity contribution is 9.10. The zero-order valence-electron chi connectivity index (χ0n) is 9.15. The minimum atomic E-state index is 0.587. The zero-order valence-corrected chi connectivity index (χ0v) is 10.7. The lowest BCUT2D eigenvalue weighted by atomic mass is 10.2. The number of benzene rings is 1. The van der Waals surface area contributed by atoms with Crippen molar-refractivity contribution in [1.82, 2.24) is 9.78 Å². The molecule has 0 amide bonds. The Hall–Kier alpha value is -1.29. The zero-order chi connectivity index (χ0) is 11.5. The SMILES string of the molecule is CCc1cc(N)nn1Cc1ccccc1Br. The van der Waals surface area contributed by atoms with E-state index in [9.17, 15) is 0 Å². The van der Waals surface area contributed by atoms with Gasteiger partial charge in [0.1, 0.15) is 5.82 Å². The number of halogens is 1. The predicted octanol–water partition coefficient (Wildman–Crippen LogP) is 2.84. The van der Waals surface area contributed by atoms with Gasteiger partial charge in [0.15, 0.2) is 0 Å². The first-order valence-corrected chi connectivity index (χ1v) is 6.05. The quantitative estimate of drug-likeness (QED) is 0.939. The van der Waals surface area contributed by atoms with E-state index in [2.05, 4.69) is 34.0 Å². The van der Waals surface area contributed by atoms with E-state index in [1.807, 2.05) is 28.9 Å². The Kier molecular flexibility index (Phi) is 3.29. The summed E-state index contributed by atoms with van der Waals surface area (Å²) in [6.07, 6.45) is 0.939. The monoisotopic (exact) mass is 279 g/mol. The third-order valence-corrected chi connectivity index (χ3v) is 3.30. The molecule has 0 bridgehead atoms. The fourth-order valence-corrected chi connectivity index (χ4v) is 2.10. The van der Waals surface area contributed by atoms with Crippen molar-refractivity contribution < 1.29 is 0 Å². The second kappa shape index (κ2) is 4.70. The van der Waals surface area contributed by atoms with Crippen molar-refractivity contribution in [3.63, 3.8) is 0 Å². The molecule has 3 nitrogen and oxygen atoms in total. The van der Waals surface area contributed by atoms with Gasteiger partial charge in [-0.2, -0.15) is 5.10 Å². The molecule has 1 aromatic heterocycles. The number of nitrogen functional groups attached to an aromatic ring is 1. The van der Waals surface area contributed by atoms with Gasteiger partial charge >= 0.3 is 0 Å². The molecule has 0 saturated carbocycles. The minimum Gasteiger partial charge on any atom is -0.382 e. The highest BCUT2D eigenvalue weighted by Gasteiger charge is 2.06. The normalized spacial score (nSPS) is 10.6. The molecule has 2 aromatic rings. The summed E-state index contributed by atoms with van der Waals surface area (Å²) in [5.41, 5.74) is 8.07. The molecule has 4 heteroatoms. The first kappa shape index (κ1) is 11.2. The van der Waals surface area contributed by atoms with Crippen LogP contribution in [0.3, 0.4) is 0 Å². The maximum Gasteiger partial charge on any atom is 0.145 e. The van der Waals surface area contributed by atoms with E-state index >= 15 is 0 Å². The third kappa shape index (κ3) is 2.27. The van der Waals surface area contributed by atoms with Crippen LogP contribution in [0.15, 0.2) is 34.8 Å². The van der Waals surface area contributed by atoms with Crippen molar-refractivity contribution in [3.8, 4) is 0 Å². The minimum absolute atomic E-state index is 0.587. The third-order valence-electron chi connectivity index (χ3n) is 2.52. The van der Waals surface area contributed by atoms with Crippen LogP contribution in [-0.4, -0.2) is 9.78 Å². The van der Waals surface area contributed by atoms with Crippen LogP contribution in [0.25, 0.3) is 0 Å². The van der Waals surface area contributed by atoms with Crippen LogP contribution in [0.2, 0.25) is 0 Å². The Morgan fingerprint density at radius 3 is 2.81 bits per heavy atom. The largest absolute Gasteiger partial charge is 0.382 e. The molecule has 1 heterocycles.